The Balaban J connectivity index is 0.00000225. The molecule has 0 unspecified atom stereocenters. The van der Waals surface area contributed by atoms with Crippen molar-refractivity contribution in [1.82, 2.24) is 10.1 Å². The fraction of sp³-hybridized carbons (Fsp3) is 0.118. The van der Waals surface area contributed by atoms with Crippen LogP contribution >= 0.6 is 35.6 Å². The smallest absolute Gasteiger partial charge is 0.248 e. The van der Waals surface area contributed by atoms with Crippen molar-refractivity contribution >= 4 is 47.2 Å². The van der Waals surface area contributed by atoms with E-state index in [1.165, 1.54) is 5.56 Å². The molecule has 3 aromatic rings. The molecule has 2 aromatic carbocycles. The number of hydrogen-bond acceptors (Lipinski definition) is 4. The van der Waals surface area contributed by atoms with Gasteiger partial charge in [-0.1, -0.05) is 46.6 Å². The topological polar surface area (TPSA) is 89.3 Å². The minimum absolute atomic E-state index is 0. The zero-order valence-corrected chi connectivity index (χ0v) is 16.5. The number of guanidine groups is 1. The normalized spacial score (nSPS) is 11.0. The summed E-state index contributed by atoms with van der Waals surface area (Å²) in [6.45, 7) is 2.21. The van der Waals surface area contributed by atoms with E-state index in [-0.39, 0.29) is 36.5 Å². The molecule has 3 rings (SSSR count). The zero-order chi connectivity index (χ0) is 16.9. The highest BCUT2D eigenvalue weighted by atomic mass is 127. The highest BCUT2D eigenvalue weighted by Gasteiger charge is 2.08. The predicted octanol–water partition coefficient (Wildman–Crippen LogP) is 4.24. The van der Waals surface area contributed by atoms with Gasteiger partial charge in [0.15, 0.2) is 5.96 Å². The van der Waals surface area contributed by atoms with Gasteiger partial charge in [-0.25, -0.2) is 4.99 Å². The standard InChI is InChI=1S/C17H16ClN5O.HI/c1-11-5-7-14(8-6-11)21-17(19)20-10-15-22-16(23-24-15)12-3-2-4-13(18)9-12;/h2-9H,10H2,1H3,(H3,19,20,21);1H. The molecule has 1 aromatic heterocycles. The summed E-state index contributed by atoms with van der Waals surface area (Å²) in [7, 11) is 0. The van der Waals surface area contributed by atoms with Crippen molar-refractivity contribution in [3.05, 3.63) is 65.0 Å². The Morgan fingerprint density at radius 2 is 2.00 bits per heavy atom. The van der Waals surface area contributed by atoms with E-state index in [0.717, 1.165) is 11.3 Å². The first-order valence-corrected chi connectivity index (χ1v) is 7.70. The van der Waals surface area contributed by atoms with Crippen LogP contribution in [0.3, 0.4) is 0 Å². The lowest BCUT2D eigenvalue weighted by Crippen LogP contribution is -2.22. The number of benzene rings is 2. The van der Waals surface area contributed by atoms with Crippen LogP contribution in [0.25, 0.3) is 11.4 Å². The average molecular weight is 470 g/mol. The molecule has 0 radical (unpaired) electrons. The fourth-order valence-corrected chi connectivity index (χ4v) is 2.23. The fourth-order valence-electron chi connectivity index (χ4n) is 2.04. The third-order valence-electron chi connectivity index (χ3n) is 3.26. The van der Waals surface area contributed by atoms with Crippen LogP contribution in [0.15, 0.2) is 58.0 Å². The Morgan fingerprint density at radius 1 is 1.24 bits per heavy atom. The van der Waals surface area contributed by atoms with Gasteiger partial charge in [-0.3, -0.25) is 0 Å². The second-order valence-electron chi connectivity index (χ2n) is 5.21. The third-order valence-corrected chi connectivity index (χ3v) is 3.49. The van der Waals surface area contributed by atoms with Crippen molar-refractivity contribution in [3.63, 3.8) is 0 Å². The van der Waals surface area contributed by atoms with Crippen molar-refractivity contribution in [2.75, 3.05) is 5.32 Å². The molecular weight excluding hydrogens is 453 g/mol. The second kappa shape index (κ2) is 8.82. The van der Waals surface area contributed by atoms with Crippen LogP contribution < -0.4 is 11.1 Å². The molecule has 0 aliphatic rings. The molecule has 8 heteroatoms. The molecule has 25 heavy (non-hydrogen) atoms. The van der Waals surface area contributed by atoms with Gasteiger partial charge in [0, 0.05) is 16.3 Å². The molecule has 0 aliphatic carbocycles. The number of nitrogens with zero attached hydrogens (tertiary/aromatic N) is 3. The molecule has 0 amide bonds. The highest BCUT2D eigenvalue weighted by molar-refractivity contribution is 14.0. The molecule has 0 atom stereocenters. The van der Waals surface area contributed by atoms with Crippen LogP contribution in [0, 0.1) is 6.92 Å². The monoisotopic (exact) mass is 469 g/mol. The Kier molecular flexibility index (Phi) is 6.77. The Hall–Kier alpha value is -2.13. The quantitative estimate of drug-likeness (QED) is 0.339. The highest BCUT2D eigenvalue weighted by Crippen LogP contribution is 2.20. The maximum Gasteiger partial charge on any atom is 0.248 e. The van der Waals surface area contributed by atoms with E-state index >= 15 is 0 Å². The SMILES string of the molecule is Cc1ccc(NC(N)=NCc2nc(-c3cccc(Cl)c3)no2)cc1.I. The van der Waals surface area contributed by atoms with Gasteiger partial charge < -0.3 is 15.6 Å². The third kappa shape index (κ3) is 5.43. The number of aliphatic imine (C=N–C) groups is 1. The van der Waals surface area contributed by atoms with E-state index < -0.39 is 0 Å². The van der Waals surface area contributed by atoms with Crippen LogP contribution in [-0.4, -0.2) is 16.1 Å². The molecule has 0 saturated heterocycles. The Labute approximate surface area is 167 Å². The first kappa shape index (κ1) is 19.2. The van der Waals surface area contributed by atoms with Crippen molar-refractivity contribution < 1.29 is 4.52 Å². The van der Waals surface area contributed by atoms with Gasteiger partial charge in [0.2, 0.25) is 11.7 Å². The summed E-state index contributed by atoms with van der Waals surface area (Å²) in [6, 6.07) is 15.1. The summed E-state index contributed by atoms with van der Waals surface area (Å²) in [6.07, 6.45) is 0. The summed E-state index contributed by atoms with van der Waals surface area (Å²) in [5.74, 6) is 1.12. The van der Waals surface area contributed by atoms with Crippen LogP contribution in [-0.2, 0) is 6.54 Å². The van der Waals surface area contributed by atoms with Gasteiger partial charge >= 0.3 is 0 Å². The first-order chi connectivity index (χ1) is 11.6. The van der Waals surface area contributed by atoms with Gasteiger partial charge in [-0.15, -0.1) is 24.0 Å². The number of aryl methyl sites for hydroxylation is 1. The lowest BCUT2D eigenvalue weighted by Gasteiger charge is -2.04. The molecule has 0 bridgehead atoms. The predicted molar refractivity (Wildman–Crippen MR) is 110 cm³/mol. The van der Waals surface area contributed by atoms with E-state index in [2.05, 4.69) is 20.4 Å². The van der Waals surface area contributed by atoms with E-state index in [1.54, 1.807) is 12.1 Å². The van der Waals surface area contributed by atoms with E-state index in [1.807, 2.05) is 43.3 Å². The van der Waals surface area contributed by atoms with Crippen LogP contribution in [0.2, 0.25) is 5.02 Å². The molecular formula is C17H17ClIN5O. The number of nitrogens with two attached hydrogens (primary N) is 1. The molecule has 0 saturated carbocycles. The van der Waals surface area contributed by atoms with Crippen molar-refractivity contribution in [1.29, 1.82) is 0 Å². The number of rotatable bonds is 4. The van der Waals surface area contributed by atoms with Gasteiger partial charge in [0.05, 0.1) is 0 Å². The maximum atomic E-state index is 5.96. The minimum Gasteiger partial charge on any atom is -0.370 e. The molecule has 130 valence electrons. The van der Waals surface area contributed by atoms with E-state index in [9.17, 15) is 0 Å². The lowest BCUT2D eigenvalue weighted by molar-refractivity contribution is 0.381. The van der Waals surface area contributed by atoms with Gasteiger partial charge in [-0.2, -0.15) is 4.98 Å². The van der Waals surface area contributed by atoms with Gasteiger partial charge in [0.1, 0.15) is 6.54 Å². The minimum atomic E-state index is 0. The number of halogens is 2. The Morgan fingerprint density at radius 3 is 2.72 bits per heavy atom. The number of hydrogen-bond donors (Lipinski definition) is 2. The van der Waals surface area contributed by atoms with Crippen LogP contribution in [0.5, 0.6) is 0 Å². The van der Waals surface area contributed by atoms with Crippen LogP contribution in [0.1, 0.15) is 11.5 Å². The number of anilines is 1. The molecule has 3 N–H and O–H groups in total. The van der Waals surface area contributed by atoms with E-state index in [0.29, 0.717) is 16.7 Å². The second-order valence-corrected chi connectivity index (χ2v) is 5.65. The Bertz CT molecular complexity index is 863. The van der Waals surface area contributed by atoms with E-state index in [4.69, 9.17) is 21.9 Å². The molecule has 0 aliphatic heterocycles. The molecule has 6 nitrogen and oxygen atoms in total. The van der Waals surface area contributed by atoms with Crippen molar-refractivity contribution in [2.24, 2.45) is 10.7 Å². The van der Waals surface area contributed by atoms with Crippen LogP contribution in [0.4, 0.5) is 5.69 Å². The summed E-state index contributed by atoms with van der Waals surface area (Å²) < 4.78 is 5.18. The number of nitrogens with one attached hydrogen (secondary N) is 1. The molecule has 0 fully saturated rings. The molecule has 1 heterocycles. The van der Waals surface area contributed by atoms with Crippen molar-refractivity contribution in [3.8, 4) is 11.4 Å². The summed E-state index contributed by atoms with van der Waals surface area (Å²) in [5, 5.41) is 7.54. The summed E-state index contributed by atoms with van der Waals surface area (Å²) >= 11 is 5.96. The first-order valence-electron chi connectivity index (χ1n) is 7.32. The number of aromatic nitrogens is 2. The lowest BCUT2D eigenvalue weighted by atomic mass is 10.2. The molecule has 0 spiro atoms. The van der Waals surface area contributed by atoms with Gasteiger partial charge in [0.25, 0.3) is 0 Å². The van der Waals surface area contributed by atoms with Crippen molar-refractivity contribution in [2.45, 2.75) is 13.5 Å². The van der Waals surface area contributed by atoms with Gasteiger partial charge in [-0.05, 0) is 31.2 Å². The largest absolute Gasteiger partial charge is 0.370 e. The summed E-state index contributed by atoms with van der Waals surface area (Å²) in [5.41, 5.74) is 8.69. The zero-order valence-electron chi connectivity index (χ0n) is 13.4. The maximum absolute atomic E-state index is 5.96. The summed E-state index contributed by atoms with van der Waals surface area (Å²) in [4.78, 5) is 8.48. The average Bonchev–Trinajstić information content (AvgIpc) is 3.04.